The molecule has 0 radical (unpaired) electrons. The van der Waals surface area contributed by atoms with Gasteiger partial charge in [-0.25, -0.2) is 4.79 Å². The maximum absolute atomic E-state index is 10.4. The van der Waals surface area contributed by atoms with E-state index in [4.69, 9.17) is 15.9 Å². The molecule has 5 heteroatoms. The second-order valence-electron chi connectivity index (χ2n) is 4.64. The van der Waals surface area contributed by atoms with Crippen LogP contribution in [0.1, 0.15) is 40.0 Å². The summed E-state index contributed by atoms with van der Waals surface area (Å²) in [6.07, 6.45) is 1.08. The van der Waals surface area contributed by atoms with Crippen LogP contribution in [0.3, 0.4) is 0 Å². The lowest BCUT2D eigenvalue weighted by atomic mass is 9.96. The van der Waals surface area contributed by atoms with Gasteiger partial charge in [0.1, 0.15) is 0 Å². The second kappa shape index (κ2) is 6.05. The van der Waals surface area contributed by atoms with Gasteiger partial charge in [0.25, 0.3) is 0 Å². The summed E-state index contributed by atoms with van der Waals surface area (Å²) in [6, 6.07) is 0.158. The predicted molar refractivity (Wildman–Crippen MR) is 58.4 cm³/mol. The summed E-state index contributed by atoms with van der Waals surface area (Å²) < 4.78 is 0. The van der Waals surface area contributed by atoms with Crippen LogP contribution in [0.5, 0.6) is 0 Å². The van der Waals surface area contributed by atoms with Gasteiger partial charge in [-0.3, -0.25) is 5.32 Å². The molecule has 90 valence electrons. The topological polar surface area (TPSA) is 95.6 Å². The first kappa shape index (κ1) is 14.3. The normalized spacial score (nSPS) is 16.1. The average Bonchev–Trinajstić information content (AvgIpc) is 2.01. The van der Waals surface area contributed by atoms with Crippen LogP contribution in [-0.4, -0.2) is 34.0 Å². The molecule has 0 bridgehead atoms. The van der Waals surface area contributed by atoms with Gasteiger partial charge in [0.15, 0.2) is 0 Å². The Morgan fingerprint density at radius 3 is 2.47 bits per heavy atom. The fourth-order valence-electron chi connectivity index (χ4n) is 1.37. The van der Waals surface area contributed by atoms with E-state index in [1.54, 1.807) is 0 Å². The molecule has 0 heterocycles. The zero-order chi connectivity index (χ0) is 12.1. The van der Waals surface area contributed by atoms with Crippen LogP contribution < -0.4 is 11.1 Å². The first-order valence-electron chi connectivity index (χ1n) is 5.19. The quantitative estimate of drug-likeness (QED) is 0.460. The Labute approximate surface area is 90.7 Å². The number of nitrogens with two attached hydrogens (primary N) is 1. The molecule has 0 aliphatic heterocycles. The maximum atomic E-state index is 10.4. The van der Waals surface area contributed by atoms with E-state index < -0.39 is 17.7 Å². The fraction of sp³-hybridized carbons (Fsp3) is 0.900. The van der Waals surface area contributed by atoms with Crippen molar-refractivity contribution < 1.29 is 15.0 Å². The number of carboxylic acids is 1. The van der Waals surface area contributed by atoms with Crippen LogP contribution in [0.2, 0.25) is 0 Å². The van der Waals surface area contributed by atoms with Gasteiger partial charge in [0.05, 0.1) is 0 Å². The molecule has 0 aromatic heterocycles. The van der Waals surface area contributed by atoms with Crippen LogP contribution in [0, 0.1) is 0 Å². The molecule has 5 N–H and O–H groups in total. The molecule has 0 fully saturated rings. The van der Waals surface area contributed by atoms with Crippen LogP contribution in [0.25, 0.3) is 0 Å². The van der Waals surface area contributed by atoms with Gasteiger partial charge >= 0.3 is 5.97 Å². The van der Waals surface area contributed by atoms with E-state index >= 15 is 0 Å². The number of aliphatic hydroxyl groups is 1. The van der Waals surface area contributed by atoms with E-state index in [1.165, 1.54) is 0 Å². The highest BCUT2D eigenvalue weighted by Gasteiger charge is 2.24. The zero-order valence-electron chi connectivity index (χ0n) is 9.66. The standard InChI is InChI=1S/C10H22N2O3/c1-7(11)5-4-6-10(2,3)12-8(13)9(14)15/h7-8,12-13H,4-6,11H2,1-3H3,(H,14,15). The minimum Gasteiger partial charge on any atom is -0.478 e. The SMILES string of the molecule is CC(N)CCCC(C)(C)NC(O)C(=O)O. The van der Waals surface area contributed by atoms with Crippen LogP contribution in [-0.2, 0) is 4.79 Å². The van der Waals surface area contributed by atoms with Crippen molar-refractivity contribution in [2.75, 3.05) is 0 Å². The highest BCUT2D eigenvalue weighted by atomic mass is 16.4. The minimum absolute atomic E-state index is 0.158. The smallest absolute Gasteiger partial charge is 0.347 e. The van der Waals surface area contributed by atoms with E-state index in [2.05, 4.69) is 5.32 Å². The largest absolute Gasteiger partial charge is 0.478 e. The Kier molecular flexibility index (Phi) is 5.79. The number of aliphatic carboxylic acids is 1. The number of carboxylic acid groups (broad SMARTS) is 1. The highest BCUT2D eigenvalue weighted by Crippen LogP contribution is 2.14. The van der Waals surface area contributed by atoms with Crippen LogP contribution >= 0.6 is 0 Å². The van der Waals surface area contributed by atoms with Crippen molar-refractivity contribution in [3.8, 4) is 0 Å². The third-order valence-electron chi connectivity index (χ3n) is 2.22. The van der Waals surface area contributed by atoms with Crippen molar-refractivity contribution in [3.05, 3.63) is 0 Å². The van der Waals surface area contributed by atoms with Gasteiger partial charge in [-0.05, 0) is 33.6 Å². The van der Waals surface area contributed by atoms with E-state index in [0.717, 1.165) is 19.3 Å². The second-order valence-corrected chi connectivity index (χ2v) is 4.64. The fourth-order valence-corrected chi connectivity index (χ4v) is 1.37. The molecule has 0 aromatic carbocycles. The molecular formula is C10H22N2O3. The summed E-state index contributed by atoms with van der Waals surface area (Å²) in [7, 11) is 0. The maximum Gasteiger partial charge on any atom is 0.347 e. The lowest BCUT2D eigenvalue weighted by Gasteiger charge is -2.28. The number of hydrogen-bond acceptors (Lipinski definition) is 4. The number of nitrogens with one attached hydrogen (secondary N) is 1. The summed E-state index contributed by atoms with van der Waals surface area (Å²) >= 11 is 0. The number of aliphatic hydroxyl groups excluding tert-OH is 1. The van der Waals surface area contributed by atoms with Crippen LogP contribution in [0.4, 0.5) is 0 Å². The molecule has 15 heavy (non-hydrogen) atoms. The molecule has 0 saturated heterocycles. The van der Waals surface area contributed by atoms with Crippen molar-refractivity contribution >= 4 is 5.97 Å². The molecule has 0 amide bonds. The summed E-state index contributed by atoms with van der Waals surface area (Å²) in [5.41, 5.74) is 5.21. The summed E-state index contributed by atoms with van der Waals surface area (Å²) in [6.45, 7) is 5.66. The van der Waals surface area contributed by atoms with E-state index in [0.29, 0.717) is 0 Å². The number of hydrogen-bond donors (Lipinski definition) is 4. The average molecular weight is 218 g/mol. The minimum atomic E-state index is -1.50. The Morgan fingerprint density at radius 1 is 1.53 bits per heavy atom. The van der Waals surface area contributed by atoms with E-state index in [9.17, 15) is 4.79 Å². The first-order valence-corrected chi connectivity index (χ1v) is 5.19. The summed E-state index contributed by atoms with van der Waals surface area (Å²) in [5.74, 6) is -1.25. The molecule has 5 nitrogen and oxygen atoms in total. The molecule has 0 aliphatic carbocycles. The molecular weight excluding hydrogens is 196 g/mol. The van der Waals surface area contributed by atoms with Crippen molar-refractivity contribution in [1.82, 2.24) is 5.32 Å². The molecule has 0 aromatic rings. The summed E-state index contributed by atoms with van der Waals surface area (Å²) in [4.78, 5) is 10.4. The molecule has 0 rings (SSSR count). The van der Waals surface area contributed by atoms with Crippen LogP contribution in [0.15, 0.2) is 0 Å². The monoisotopic (exact) mass is 218 g/mol. The first-order chi connectivity index (χ1) is 6.74. The zero-order valence-corrected chi connectivity index (χ0v) is 9.66. The van der Waals surface area contributed by atoms with Crippen molar-refractivity contribution in [2.45, 2.75) is 57.8 Å². The van der Waals surface area contributed by atoms with Crippen molar-refractivity contribution in [3.63, 3.8) is 0 Å². The molecule has 0 saturated carbocycles. The third-order valence-corrected chi connectivity index (χ3v) is 2.22. The number of rotatable bonds is 7. The Hall–Kier alpha value is -0.650. The number of carbonyl (C=O) groups is 1. The summed E-state index contributed by atoms with van der Waals surface area (Å²) in [5, 5.41) is 20.3. The van der Waals surface area contributed by atoms with Gasteiger partial charge in [0, 0.05) is 11.6 Å². The van der Waals surface area contributed by atoms with Crippen molar-refractivity contribution in [2.24, 2.45) is 5.73 Å². The van der Waals surface area contributed by atoms with Gasteiger partial charge in [-0.2, -0.15) is 0 Å². The third kappa shape index (κ3) is 7.30. The Balaban J connectivity index is 3.90. The molecule has 2 unspecified atom stereocenters. The van der Waals surface area contributed by atoms with Crippen molar-refractivity contribution in [1.29, 1.82) is 0 Å². The van der Waals surface area contributed by atoms with E-state index in [-0.39, 0.29) is 6.04 Å². The highest BCUT2D eigenvalue weighted by molar-refractivity contribution is 5.71. The lowest BCUT2D eigenvalue weighted by Crippen LogP contribution is -2.49. The van der Waals surface area contributed by atoms with E-state index in [1.807, 2.05) is 20.8 Å². The van der Waals surface area contributed by atoms with Gasteiger partial charge in [-0.1, -0.05) is 6.42 Å². The Morgan fingerprint density at radius 2 is 2.07 bits per heavy atom. The van der Waals surface area contributed by atoms with Gasteiger partial charge in [0.2, 0.25) is 6.23 Å². The Bertz CT molecular complexity index is 205. The molecule has 0 aliphatic rings. The predicted octanol–water partition coefficient (Wildman–Crippen LogP) is 0.275. The van der Waals surface area contributed by atoms with Gasteiger partial charge in [-0.15, -0.1) is 0 Å². The van der Waals surface area contributed by atoms with Gasteiger partial charge < -0.3 is 15.9 Å². The lowest BCUT2D eigenvalue weighted by molar-refractivity contribution is -0.149. The molecule has 2 atom stereocenters. The molecule has 0 spiro atoms.